The molecule has 0 unspecified atom stereocenters. The van der Waals surface area contributed by atoms with Gasteiger partial charge in [-0.3, -0.25) is 24.7 Å². The van der Waals surface area contributed by atoms with Gasteiger partial charge in [-0.15, -0.1) is 0 Å². The van der Waals surface area contributed by atoms with Crippen LogP contribution in [-0.4, -0.2) is 59.9 Å². The van der Waals surface area contributed by atoms with E-state index < -0.39 is 4.92 Å². The Hall–Kier alpha value is -3.03. The fourth-order valence-corrected chi connectivity index (χ4v) is 3.13. The molecule has 1 saturated heterocycles. The van der Waals surface area contributed by atoms with Gasteiger partial charge >= 0.3 is 0 Å². The lowest BCUT2D eigenvalue weighted by Crippen LogP contribution is -2.48. The molecule has 0 spiro atoms. The molecule has 2 aromatic carbocycles. The molecule has 1 amide bonds. The Bertz CT molecular complexity index is 831. The highest BCUT2D eigenvalue weighted by Gasteiger charge is 2.18. The van der Waals surface area contributed by atoms with Gasteiger partial charge in [0.05, 0.1) is 11.5 Å². The Morgan fingerprint density at radius 1 is 1.04 bits per heavy atom. The van der Waals surface area contributed by atoms with Crippen LogP contribution in [0.5, 0.6) is 0 Å². The first-order valence-corrected chi connectivity index (χ1v) is 9.31. The Balaban J connectivity index is 1.40. The molecule has 3 rings (SSSR count). The molecule has 0 radical (unpaired) electrons. The molecule has 28 heavy (non-hydrogen) atoms. The minimum atomic E-state index is -0.471. The van der Waals surface area contributed by atoms with E-state index in [1.807, 2.05) is 18.2 Å². The number of carbonyl (C=O) groups is 1. The zero-order chi connectivity index (χ0) is 19.8. The molecule has 146 valence electrons. The van der Waals surface area contributed by atoms with E-state index in [4.69, 9.17) is 0 Å². The number of nitro benzene ring substituents is 1. The maximum atomic E-state index is 12.2. The van der Waals surface area contributed by atoms with Crippen LogP contribution in [0, 0.1) is 10.1 Å². The fourth-order valence-electron chi connectivity index (χ4n) is 3.13. The summed E-state index contributed by atoms with van der Waals surface area (Å²) in [6.45, 7) is 4.63. The maximum Gasteiger partial charge on any atom is 0.271 e. The molecule has 0 atom stereocenters. The molecule has 7 heteroatoms. The van der Waals surface area contributed by atoms with Gasteiger partial charge in [0.1, 0.15) is 0 Å². The van der Waals surface area contributed by atoms with Gasteiger partial charge in [0.2, 0.25) is 5.91 Å². The highest BCUT2D eigenvalue weighted by Crippen LogP contribution is 2.17. The minimum Gasteiger partial charge on any atom is -0.325 e. The van der Waals surface area contributed by atoms with Crippen LogP contribution in [0.15, 0.2) is 60.7 Å². The third kappa shape index (κ3) is 6.00. The van der Waals surface area contributed by atoms with Crippen molar-refractivity contribution < 1.29 is 9.72 Å². The molecule has 1 N–H and O–H groups in total. The van der Waals surface area contributed by atoms with Crippen molar-refractivity contribution in [3.8, 4) is 0 Å². The molecule has 0 aromatic heterocycles. The number of piperazine rings is 1. The van der Waals surface area contributed by atoms with E-state index in [9.17, 15) is 14.9 Å². The van der Waals surface area contributed by atoms with Gasteiger partial charge in [-0.1, -0.05) is 48.6 Å². The van der Waals surface area contributed by atoms with Crippen molar-refractivity contribution >= 4 is 23.4 Å². The Morgan fingerprint density at radius 2 is 1.75 bits per heavy atom. The zero-order valence-electron chi connectivity index (χ0n) is 15.7. The first kappa shape index (κ1) is 19.7. The van der Waals surface area contributed by atoms with Crippen LogP contribution < -0.4 is 5.32 Å². The number of nitro groups is 1. The highest BCUT2D eigenvalue weighted by molar-refractivity contribution is 5.92. The normalized spacial score (nSPS) is 15.6. The number of hydrogen-bond acceptors (Lipinski definition) is 5. The zero-order valence-corrected chi connectivity index (χ0v) is 15.7. The summed E-state index contributed by atoms with van der Waals surface area (Å²) in [4.78, 5) is 27.0. The van der Waals surface area contributed by atoms with Crippen molar-refractivity contribution in [2.75, 3.05) is 44.6 Å². The molecule has 0 aliphatic carbocycles. The van der Waals surface area contributed by atoms with Crippen molar-refractivity contribution in [1.29, 1.82) is 0 Å². The first-order valence-electron chi connectivity index (χ1n) is 9.31. The molecular weight excluding hydrogens is 356 g/mol. The Kier molecular flexibility index (Phi) is 6.89. The van der Waals surface area contributed by atoms with Crippen LogP contribution in [0.4, 0.5) is 11.4 Å². The van der Waals surface area contributed by atoms with Crippen LogP contribution >= 0.6 is 0 Å². The number of anilines is 1. The minimum absolute atomic E-state index is 0.0324. The van der Waals surface area contributed by atoms with Crippen molar-refractivity contribution in [3.63, 3.8) is 0 Å². The van der Waals surface area contributed by atoms with E-state index in [0.29, 0.717) is 5.69 Å². The average Bonchev–Trinajstić information content (AvgIpc) is 2.70. The third-order valence-corrected chi connectivity index (χ3v) is 4.65. The summed E-state index contributed by atoms with van der Waals surface area (Å²) in [5.74, 6) is -0.155. The fraction of sp³-hybridized carbons (Fsp3) is 0.286. The summed E-state index contributed by atoms with van der Waals surface area (Å²) in [7, 11) is 0. The lowest BCUT2D eigenvalue weighted by atomic mass is 10.2. The molecular formula is C21H24N4O3. The number of rotatable bonds is 7. The van der Waals surface area contributed by atoms with Crippen molar-refractivity contribution in [3.05, 3.63) is 76.4 Å². The van der Waals surface area contributed by atoms with E-state index in [1.165, 1.54) is 17.7 Å². The van der Waals surface area contributed by atoms with Crippen LogP contribution in [0.3, 0.4) is 0 Å². The van der Waals surface area contributed by atoms with Gasteiger partial charge in [-0.25, -0.2) is 0 Å². The second kappa shape index (κ2) is 9.77. The van der Waals surface area contributed by atoms with E-state index in [2.05, 4.69) is 39.4 Å². The second-order valence-corrected chi connectivity index (χ2v) is 6.75. The smallest absolute Gasteiger partial charge is 0.271 e. The van der Waals surface area contributed by atoms with Crippen LogP contribution in [-0.2, 0) is 4.79 Å². The van der Waals surface area contributed by atoms with E-state index in [1.54, 1.807) is 12.1 Å². The predicted molar refractivity (Wildman–Crippen MR) is 110 cm³/mol. The lowest BCUT2D eigenvalue weighted by molar-refractivity contribution is -0.384. The van der Waals surface area contributed by atoms with Crippen molar-refractivity contribution in [2.24, 2.45) is 0 Å². The molecule has 1 heterocycles. The van der Waals surface area contributed by atoms with E-state index in [0.717, 1.165) is 32.7 Å². The van der Waals surface area contributed by atoms with Gasteiger partial charge in [0.25, 0.3) is 5.69 Å². The van der Waals surface area contributed by atoms with Crippen LogP contribution in [0.1, 0.15) is 5.56 Å². The molecule has 0 bridgehead atoms. The van der Waals surface area contributed by atoms with E-state index in [-0.39, 0.29) is 18.1 Å². The van der Waals surface area contributed by atoms with Crippen LogP contribution in [0.2, 0.25) is 0 Å². The summed E-state index contributed by atoms with van der Waals surface area (Å²) in [5.41, 5.74) is 1.61. The molecule has 1 fully saturated rings. The van der Waals surface area contributed by atoms with Gasteiger partial charge < -0.3 is 5.32 Å². The van der Waals surface area contributed by atoms with Gasteiger partial charge in [0.15, 0.2) is 0 Å². The van der Waals surface area contributed by atoms with Crippen molar-refractivity contribution in [2.45, 2.75) is 0 Å². The molecule has 7 nitrogen and oxygen atoms in total. The summed E-state index contributed by atoms with van der Waals surface area (Å²) in [6.07, 6.45) is 4.29. The Morgan fingerprint density at radius 3 is 2.46 bits per heavy atom. The molecule has 2 aromatic rings. The summed E-state index contributed by atoms with van der Waals surface area (Å²) >= 11 is 0. The summed E-state index contributed by atoms with van der Waals surface area (Å²) in [5, 5.41) is 13.6. The molecule has 1 aliphatic heterocycles. The SMILES string of the molecule is O=C(CN1CCN(C/C=C/c2ccccc2)CC1)Nc1cccc([N+](=O)[O-])c1. The number of non-ortho nitro benzene ring substituents is 1. The van der Waals surface area contributed by atoms with E-state index >= 15 is 0 Å². The van der Waals surface area contributed by atoms with Gasteiger partial charge in [-0.2, -0.15) is 0 Å². The average molecular weight is 380 g/mol. The Labute approximate surface area is 164 Å². The largest absolute Gasteiger partial charge is 0.325 e. The molecule has 1 aliphatic rings. The number of nitrogens with one attached hydrogen (secondary N) is 1. The predicted octanol–water partition coefficient (Wildman–Crippen LogP) is 2.86. The summed E-state index contributed by atoms with van der Waals surface area (Å²) in [6, 6.07) is 16.2. The van der Waals surface area contributed by atoms with Crippen molar-refractivity contribution in [1.82, 2.24) is 9.80 Å². The second-order valence-electron chi connectivity index (χ2n) is 6.75. The number of benzene rings is 2. The quantitative estimate of drug-likeness (QED) is 0.590. The summed E-state index contributed by atoms with van der Waals surface area (Å²) < 4.78 is 0. The number of carbonyl (C=O) groups excluding carboxylic acids is 1. The number of nitrogens with zero attached hydrogens (tertiary/aromatic N) is 3. The maximum absolute atomic E-state index is 12.2. The van der Waals surface area contributed by atoms with Gasteiger partial charge in [0, 0.05) is 50.5 Å². The topological polar surface area (TPSA) is 78.7 Å². The van der Waals surface area contributed by atoms with Crippen LogP contribution in [0.25, 0.3) is 6.08 Å². The monoisotopic (exact) mass is 380 g/mol. The third-order valence-electron chi connectivity index (χ3n) is 4.65. The lowest BCUT2D eigenvalue weighted by Gasteiger charge is -2.33. The highest BCUT2D eigenvalue weighted by atomic mass is 16.6. The molecule has 0 saturated carbocycles. The number of hydrogen-bond donors (Lipinski definition) is 1. The van der Waals surface area contributed by atoms with Gasteiger partial charge in [-0.05, 0) is 11.6 Å². The standard InChI is InChI=1S/C21H24N4O3/c26-21(22-19-9-4-10-20(16-19)25(27)28)17-24-14-12-23(13-15-24)11-5-8-18-6-2-1-3-7-18/h1-10,16H,11-15,17H2,(H,22,26)/b8-5+. The first-order chi connectivity index (χ1) is 13.6. The number of amides is 1.